The Kier molecular flexibility index (Phi) is 7.67. The van der Waals surface area contributed by atoms with Crippen molar-refractivity contribution in [1.29, 1.82) is 0 Å². The molecule has 200 valence electrons. The topological polar surface area (TPSA) is 96.4 Å². The van der Waals surface area contributed by atoms with Gasteiger partial charge in [0.25, 0.3) is 0 Å². The molecule has 5 heterocycles. The number of rotatable bonds is 8. The van der Waals surface area contributed by atoms with Gasteiger partial charge in [0.05, 0.1) is 28.8 Å². The summed E-state index contributed by atoms with van der Waals surface area (Å²) < 4.78 is 5.81. The van der Waals surface area contributed by atoms with Gasteiger partial charge in [-0.05, 0) is 56.1 Å². The number of hydrogen-bond donors (Lipinski definition) is 1. The second kappa shape index (κ2) is 11.6. The lowest BCUT2D eigenvalue weighted by molar-refractivity contribution is -0.126. The summed E-state index contributed by atoms with van der Waals surface area (Å²) in [5.74, 6) is 1.36. The van der Waals surface area contributed by atoms with Crippen LogP contribution in [0.2, 0.25) is 5.02 Å². The molecule has 0 spiro atoms. The molecular weight excluding hydrogens is 534 g/mol. The van der Waals surface area contributed by atoms with Crippen LogP contribution >= 0.6 is 22.9 Å². The zero-order valence-electron chi connectivity index (χ0n) is 21.3. The molecule has 39 heavy (non-hydrogen) atoms. The molecular formula is C28H28ClN7O2S. The quantitative estimate of drug-likeness (QED) is 0.300. The Morgan fingerprint density at radius 2 is 2.05 bits per heavy atom. The fourth-order valence-corrected chi connectivity index (χ4v) is 6.41. The fourth-order valence-electron chi connectivity index (χ4n) is 4.97. The van der Waals surface area contributed by atoms with Gasteiger partial charge in [0.2, 0.25) is 5.91 Å². The van der Waals surface area contributed by atoms with Gasteiger partial charge < -0.3 is 15.0 Å². The van der Waals surface area contributed by atoms with Gasteiger partial charge in [0.1, 0.15) is 29.3 Å². The lowest BCUT2D eigenvalue weighted by Crippen LogP contribution is -2.34. The molecule has 0 aliphatic carbocycles. The van der Waals surface area contributed by atoms with Gasteiger partial charge in [-0.25, -0.2) is 9.97 Å². The van der Waals surface area contributed by atoms with Gasteiger partial charge in [-0.2, -0.15) is 0 Å². The third-order valence-electron chi connectivity index (χ3n) is 6.96. The van der Waals surface area contributed by atoms with Crippen LogP contribution in [0.4, 0.5) is 11.5 Å². The minimum absolute atomic E-state index is 0.0676. The number of amides is 1. The average molecular weight is 562 g/mol. The number of anilines is 2. The average Bonchev–Trinajstić information content (AvgIpc) is 3.61. The molecule has 11 heteroatoms. The van der Waals surface area contributed by atoms with Crippen LogP contribution < -0.4 is 10.1 Å². The number of halogens is 1. The Morgan fingerprint density at radius 1 is 1.15 bits per heavy atom. The third kappa shape index (κ3) is 5.88. The second-order valence-corrected chi connectivity index (χ2v) is 11.1. The number of benzene rings is 1. The van der Waals surface area contributed by atoms with Gasteiger partial charge in [0.15, 0.2) is 0 Å². The van der Waals surface area contributed by atoms with E-state index in [-0.39, 0.29) is 12.5 Å². The number of fused-ring (bicyclic) bond motifs is 3. The Labute approximate surface area is 235 Å². The molecule has 1 saturated heterocycles. The van der Waals surface area contributed by atoms with E-state index in [4.69, 9.17) is 16.3 Å². The largest absolute Gasteiger partial charge is 0.486 e. The maximum absolute atomic E-state index is 12.8. The van der Waals surface area contributed by atoms with Crippen molar-refractivity contribution in [2.45, 2.75) is 32.4 Å². The van der Waals surface area contributed by atoms with Crippen LogP contribution in [0.5, 0.6) is 5.75 Å². The minimum atomic E-state index is 0.0676. The highest BCUT2D eigenvalue weighted by molar-refractivity contribution is 7.19. The van der Waals surface area contributed by atoms with Gasteiger partial charge >= 0.3 is 0 Å². The second-order valence-electron chi connectivity index (χ2n) is 9.58. The van der Waals surface area contributed by atoms with E-state index in [1.54, 1.807) is 42.3 Å². The van der Waals surface area contributed by atoms with Crippen LogP contribution in [-0.4, -0.2) is 61.8 Å². The van der Waals surface area contributed by atoms with Crippen molar-refractivity contribution in [1.82, 2.24) is 29.7 Å². The summed E-state index contributed by atoms with van der Waals surface area (Å²) in [5, 5.41) is 4.90. The number of likely N-dealkylation sites (tertiary alicyclic amines) is 1. The lowest BCUT2D eigenvalue weighted by atomic mass is 10.0. The maximum atomic E-state index is 12.8. The van der Waals surface area contributed by atoms with E-state index in [0.29, 0.717) is 23.9 Å². The number of thiophene rings is 1. The monoisotopic (exact) mass is 561 g/mol. The number of hydrogen-bond acceptors (Lipinski definition) is 9. The first-order valence-corrected chi connectivity index (χ1v) is 14.2. The van der Waals surface area contributed by atoms with E-state index in [9.17, 15) is 4.79 Å². The van der Waals surface area contributed by atoms with Crippen LogP contribution in [0.3, 0.4) is 0 Å². The van der Waals surface area contributed by atoms with Crippen LogP contribution in [0.25, 0.3) is 10.2 Å². The molecule has 1 N–H and O–H groups in total. The summed E-state index contributed by atoms with van der Waals surface area (Å²) in [6.07, 6.45) is 13.5. The standard InChI is InChI=1S/C28H28ClN7O2S/c29-22-14-19(5-6-23(22)38-17-20-15-30-8-9-31-20)34-27-26-21-7-13-36(16-24(21)39-28(26)33-18-32-27)25(37)4-3-12-35-10-1-2-11-35/h3-6,8-9,14-15,18H,1-2,7,10-13,16-17H2,(H,32,33,34). The number of nitrogens with zero attached hydrogens (tertiary/aromatic N) is 6. The van der Waals surface area contributed by atoms with Crippen molar-refractivity contribution < 1.29 is 9.53 Å². The number of carbonyl (C=O) groups is 1. The summed E-state index contributed by atoms with van der Waals surface area (Å²) in [5.41, 5.74) is 2.72. The predicted octanol–water partition coefficient (Wildman–Crippen LogP) is 4.99. The summed E-state index contributed by atoms with van der Waals surface area (Å²) in [6.45, 7) is 4.63. The maximum Gasteiger partial charge on any atom is 0.246 e. The molecule has 6 rings (SSSR count). The van der Waals surface area contributed by atoms with Crippen LogP contribution in [0, 0.1) is 0 Å². The number of carbonyl (C=O) groups excluding carboxylic acids is 1. The SMILES string of the molecule is O=C(C=CCN1CCCC1)N1CCc2c(sc3ncnc(Nc4ccc(OCc5cnccn5)c(Cl)c4)c23)C1. The zero-order valence-corrected chi connectivity index (χ0v) is 22.9. The van der Waals surface area contributed by atoms with Gasteiger partial charge in [-0.15, -0.1) is 11.3 Å². The van der Waals surface area contributed by atoms with Crippen molar-refractivity contribution in [3.8, 4) is 5.75 Å². The molecule has 2 aliphatic heterocycles. The first-order chi connectivity index (χ1) is 19.1. The molecule has 1 fully saturated rings. The van der Waals surface area contributed by atoms with E-state index in [1.165, 1.54) is 18.4 Å². The highest BCUT2D eigenvalue weighted by atomic mass is 35.5. The van der Waals surface area contributed by atoms with Gasteiger partial charge in [-0.1, -0.05) is 17.7 Å². The fraction of sp³-hybridized carbons (Fsp3) is 0.321. The zero-order chi connectivity index (χ0) is 26.6. The summed E-state index contributed by atoms with van der Waals surface area (Å²) in [6, 6.07) is 5.54. The van der Waals surface area contributed by atoms with E-state index >= 15 is 0 Å². The Balaban J connectivity index is 1.14. The molecule has 2 aliphatic rings. The molecule has 0 radical (unpaired) electrons. The molecule has 1 amide bonds. The molecule has 0 unspecified atom stereocenters. The molecule has 4 aromatic rings. The van der Waals surface area contributed by atoms with Gasteiger partial charge in [-0.3, -0.25) is 19.7 Å². The Morgan fingerprint density at radius 3 is 2.87 bits per heavy atom. The smallest absolute Gasteiger partial charge is 0.246 e. The van der Waals surface area contributed by atoms with Crippen molar-refractivity contribution in [2.75, 3.05) is 31.5 Å². The number of ether oxygens (including phenoxy) is 1. The normalized spacial score (nSPS) is 15.7. The van der Waals surface area contributed by atoms with E-state index in [2.05, 4.69) is 30.2 Å². The Bertz CT molecular complexity index is 1500. The molecule has 0 atom stereocenters. The molecule has 3 aromatic heterocycles. The molecule has 1 aromatic carbocycles. The van der Waals surface area contributed by atoms with Crippen molar-refractivity contribution in [2.24, 2.45) is 0 Å². The summed E-state index contributed by atoms with van der Waals surface area (Å²) >= 11 is 8.14. The summed E-state index contributed by atoms with van der Waals surface area (Å²) in [7, 11) is 0. The van der Waals surface area contributed by atoms with Crippen molar-refractivity contribution >= 4 is 50.6 Å². The third-order valence-corrected chi connectivity index (χ3v) is 8.38. The van der Waals surface area contributed by atoms with Crippen LogP contribution in [0.1, 0.15) is 29.0 Å². The highest BCUT2D eigenvalue weighted by Gasteiger charge is 2.25. The van der Waals surface area contributed by atoms with E-state index < -0.39 is 0 Å². The number of aromatic nitrogens is 4. The first-order valence-electron chi connectivity index (χ1n) is 13.0. The van der Waals surface area contributed by atoms with Crippen LogP contribution in [0.15, 0.2) is 55.3 Å². The lowest BCUT2D eigenvalue weighted by Gasteiger charge is -2.26. The molecule has 0 saturated carbocycles. The predicted molar refractivity (Wildman–Crippen MR) is 152 cm³/mol. The van der Waals surface area contributed by atoms with Crippen molar-refractivity contribution in [3.05, 3.63) is 76.4 Å². The van der Waals surface area contributed by atoms with Crippen molar-refractivity contribution in [3.63, 3.8) is 0 Å². The first kappa shape index (κ1) is 25.7. The van der Waals surface area contributed by atoms with E-state index in [0.717, 1.165) is 58.3 Å². The summed E-state index contributed by atoms with van der Waals surface area (Å²) in [4.78, 5) is 36.5. The minimum Gasteiger partial charge on any atom is -0.486 e. The Hall–Kier alpha value is -3.60. The number of nitrogens with one attached hydrogen (secondary N) is 1. The van der Waals surface area contributed by atoms with Crippen LogP contribution in [-0.2, 0) is 24.4 Å². The molecule has 9 nitrogen and oxygen atoms in total. The molecule has 0 bridgehead atoms. The van der Waals surface area contributed by atoms with E-state index in [1.807, 2.05) is 29.2 Å². The highest BCUT2D eigenvalue weighted by Crippen LogP contribution is 2.38. The van der Waals surface area contributed by atoms with Gasteiger partial charge in [0, 0.05) is 42.1 Å².